The minimum absolute atomic E-state index is 0.0433. The van der Waals surface area contributed by atoms with Crippen LogP contribution in [0.4, 0.5) is 5.69 Å². The number of thiophene rings is 1. The van der Waals surface area contributed by atoms with E-state index in [2.05, 4.69) is 9.62 Å². The van der Waals surface area contributed by atoms with Gasteiger partial charge in [-0.3, -0.25) is 14.4 Å². The molecule has 1 aromatic carbocycles. The van der Waals surface area contributed by atoms with E-state index in [-0.39, 0.29) is 10.1 Å². The quantitative estimate of drug-likeness (QED) is 0.802. The molecule has 0 atom stereocenters. The van der Waals surface area contributed by atoms with Crippen molar-refractivity contribution in [3.63, 3.8) is 0 Å². The minimum Gasteiger partial charge on any atom is -0.336 e. The molecular formula is C19H23N3O3S2. The van der Waals surface area contributed by atoms with Gasteiger partial charge >= 0.3 is 0 Å². The molecule has 0 spiro atoms. The molecule has 1 saturated heterocycles. The summed E-state index contributed by atoms with van der Waals surface area (Å²) in [6, 6.07) is 9.98. The number of nitrogens with zero attached hydrogens (tertiary/aromatic N) is 2. The zero-order chi connectivity index (χ0) is 18.9. The fourth-order valence-electron chi connectivity index (χ4n) is 3.32. The van der Waals surface area contributed by atoms with Gasteiger partial charge in [0.2, 0.25) is 0 Å². The lowest BCUT2D eigenvalue weighted by molar-refractivity contribution is 0.0632. The lowest BCUT2D eigenvalue weighted by atomic mass is 10.1. The van der Waals surface area contributed by atoms with Crippen molar-refractivity contribution >= 4 is 33.0 Å². The summed E-state index contributed by atoms with van der Waals surface area (Å²) in [5, 5.41) is 1.72. The van der Waals surface area contributed by atoms with Crippen LogP contribution in [0.3, 0.4) is 0 Å². The highest BCUT2D eigenvalue weighted by Crippen LogP contribution is 2.30. The Balaban J connectivity index is 1.40. The van der Waals surface area contributed by atoms with Crippen LogP contribution in [0.2, 0.25) is 0 Å². The summed E-state index contributed by atoms with van der Waals surface area (Å²) in [5.41, 5.74) is 0.915. The average molecular weight is 406 g/mol. The first kappa shape index (κ1) is 18.5. The summed E-state index contributed by atoms with van der Waals surface area (Å²) in [6.07, 6.45) is 2.68. The Morgan fingerprint density at radius 2 is 1.89 bits per heavy atom. The van der Waals surface area contributed by atoms with Crippen molar-refractivity contribution in [1.82, 2.24) is 9.80 Å². The van der Waals surface area contributed by atoms with E-state index in [9.17, 15) is 13.2 Å². The van der Waals surface area contributed by atoms with Gasteiger partial charge in [-0.15, -0.1) is 11.3 Å². The van der Waals surface area contributed by atoms with E-state index >= 15 is 0 Å². The second kappa shape index (κ2) is 7.61. The average Bonchev–Trinajstić information content (AvgIpc) is 3.29. The number of amides is 1. The van der Waals surface area contributed by atoms with Gasteiger partial charge in [0.15, 0.2) is 0 Å². The van der Waals surface area contributed by atoms with Crippen molar-refractivity contribution in [2.24, 2.45) is 5.92 Å². The van der Waals surface area contributed by atoms with Crippen molar-refractivity contribution in [2.45, 2.75) is 17.1 Å². The maximum absolute atomic E-state index is 12.8. The molecule has 27 heavy (non-hydrogen) atoms. The standard InChI is InChI=1S/C19H23N3O3S2/c23-19(22-10-8-21(9-11-22)14-15-6-7-15)16-3-1-4-17(13-16)20-27(24,25)18-5-2-12-26-18/h1-5,12-13,15,20H,6-11,14H2. The maximum atomic E-state index is 12.8. The molecule has 2 aromatic rings. The van der Waals surface area contributed by atoms with Crippen LogP contribution in [0.25, 0.3) is 0 Å². The monoisotopic (exact) mass is 405 g/mol. The van der Waals surface area contributed by atoms with E-state index in [1.54, 1.807) is 41.8 Å². The van der Waals surface area contributed by atoms with Crippen molar-refractivity contribution < 1.29 is 13.2 Å². The first-order chi connectivity index (χ1) is 13.0. The van der Waals surface area contributed by atoms with E-state index in [0.717, 1.165) is 50.0 Å². The Bertz CT molecular complexity index is 900. The zero-order valence-corrected chi connectivity index (χ0v) is 16.6. The predicted octanol–water partition coefficient (Wildman–Crippen LogP) is 2.72. The highest BCUT2D eigenvalue weighted by Gasteiger charge is 2.28. The second-order valence-corrected chi connectivity index (χ2v) is 10.0. The number of hydrogen-bond acceptors (Lipinski definition) is 5. The van der Waals surface area contributed by atoms with E-state index in [0.29, 0.717) is 11.3 Å². The van der Waals surface area contributed by atoms with E-state index in [1.807, 2.05) is 4.90 Å². The number of piperazine rings is 1. The molecule has 2 aliphatic rings. The van der Waals surface area contributed by atoms with Gasteiger partial charge in [-0.1, -0.05) is 12.1 Å². The zero-order valence-electron chi connectivity index (χ0n) is 15.0. The van der Waals surface area contributed by atoms with Crippen molar-refractivity contribution in [2.75, 3.05) is 37.4 Å². The predicted molar refractivity (Wildman–Crippen MR) is 107 cm³/mol. The molecule has 1 N–H and O–H groups in total. The lowest BCUT2D eigenvalue weighted by Crippen LogP contribution is -2.49. The molecule has 1 amide bonds. The third kappa shape index (κ3) is 4.51. The molecule has 4 rings (SSSR count). The fourth-order valence-corrected chi connectivity index (χ4v) is 5.36. The van der Waals surface area contributed by atoms with E-state index < -0.39 is 10.0 Å². The summed E-state index contributed by atoms with van der Waals surface area (Å²) >= 11 is 1.16. The van der Waals surface area contributed by atoms with Gasteiger partial charge in [0.1, 0.15) is 4.21 Å². The number of sulfonamides is 1. The van der Waals surface area contributed by atoms with Crippen LogP contribution in [-0.2, 0) is 10.0 Å². The van der Waals surface area contributed by atoms with Crippen LogP contribution in [-0.4, -0.2) is 56.8 Å². The Morgan fingerprint density at radius 3 is 2.56 bits per heavy atom. The van der Waals surface area contributed by atoms with Gasteiger partial charge in [-0.05, 0) is 48.4 Å². The number of benzene rings is 1. The second-order valence-electron chi connectivity index (χ2n) is 7.15. The van der Waals surface area contributed by atoms with Gasteiger partial charge in [-0.25, -0.2) is 8.42 Å². The lowest BCUT2D eigenvalue weighted by Gasteiger charge is -2.34. The largest absolute Gasteiger partial charge is 0.336 e. The molecule has 0 radical (unpaired) electrons. The smallest absolute Gasteiger partial charge is 0.271 e. The Labute approximate surface area is 163 Å². The van der Waals surface area contributed by atoms with Crippen molar-refractivity contribution in [3.05, 3.63) is 47.3 Å². The van der Waals surface area contributed by atoms with Crippen LogP contribution in [0.15, 0.2) is 46.0 Å². The first-order valence-electron chi connectivity index (χ1n) is 9.19. The summed E-state index contributed by atoms with van der Waals surface area (Å²) in [4.78, 5) is 17.1. The molecule has 8 heteroatoms. The summed E-state index contributed by atoms with van der Waals surface area (Å²) in [6.45, 7) is 4.41. The molecule has 0 unspecified atom stereocenters. The molecule has 1 saturated carbocycles. The van der Waals surface area contributed by atoms with Gasteiger partial charge in [-0.2, -0.15) is 0 Å². The van der Waals surface area contributed by atoms with Gasteiger partial charge < -0.3 is 4.90 Å². The summed E-state index contributed by atoms with van der Waals surface area (Å²) < 4.78 is 27.6. The highest BCUT2D eigenvalue weighted by molar-refractivity contribution is 7.94. The molecule has 144 valence electrons. The Morgan fingerprint density at radius 1 is 1.11 bits per heavy atom. The Hall–Kier alpha value is -1.90. The van der Waals surface area contributed by atoms with E-state index in [4.69, 9.17) is 0 Å². The number of carbonyl (C=O) groups excluding carboxylic acids is 1. The normalized spacial score (nSPS) is 18.4. The molecule has 0 bridgehead atoms. The third-order valence-corrected chi connectivity index (χ3v) is 7.77. The van der Waals surface area contributed by atoms with Crippen LogP contribution < -0.4 is 4.72 Å². The first-order valence-corrected chi connectivity index (χ1v) is 11.6. The molecule has 2 heterocycles. The number of hydrogen-bond donors (Lipinski definition) is 1. The van der Waals surface area contributed by atoms with Crippen LogP contribution in [0.5, 0.6) is 0 Å². The number of anilines is 1. The minimum atomic E-state index is -3.61. The SMILES string of the molecule is O=C(c1cccc(NS(=O)(=O)c2cccs2)c1)N1CCN(CC2CC2)CC1. The van der Waals surface area contributed by atoms with Crippen molar-refractivity contribution in [1.29, 1.82) is 0 Å². The van der Waals surface area contributed by atoms with Gasteiger partial charge in [0, 0.05) is 44.0 Å². The molecular weight excluding hydrogens is 382 g/mol. The van der Waals surface area contributed by atoms with Crippen LogP contribution >= 0.6 is 11.3 Å². The molecule has 6 nitrogen and oxygen atoms in total. The van der Waals surface area contributed by atoms with Gasteiger partial charge in [0.05, 0.1) is 0 Å². The van der Waals surface area contributed by atoms with Crippen molar-refractivity contribution in [3.8, 4) is 0 Å². The molecule has 1 aromatic heterocycles. The fraction of sp³-hybridized carbons (Fsp3) is 0.421. The third-order valence-electron chi connectivity index (χ3n) is 4.99. The van der Waals surface area contributed by atoms with Crippen LogP contribution in [0.1, 0.15) is 23.2 Å². The topological polar surface area (TPSA) is 69.7 Å². The number of nitrogens with one attached hydrogen (secondary N) is 1. The summed E-state index contributed by atoms with van der Waals surface area (Å²) in [7, 11) is -3.61. The molecule has 2 fully saturated rings. The maximum Gasteiger partial charge on any atom is 0.271 e. The number of carbonyl (C=O) groups is 1. The van der Waals surface area contributed by atoms with Gasteiger partial charge in [0.25, 0.3) is 15.9 Å². The molecule has 1 aliphatic carbocycles. The Kier molecular flexibility index (Phi) is 5.21. The highest BCUT2D eigenvalue weighted by atomic mass is 32.2. The molecule has 1 aliphatic heterocycles. The van der Waals surface area contributed by atoms with E-state index in [1.165, 1.54) is 12.8 Å². The summed E-state index contributed by atoms with van der Waals surface area (Å²) in [5.74, 6) is 0.818. The van der Waals surface area contributed by atoms with Crippen LogP contribution in [0, 0.1) is 5.92 Å². The number of rotatable bonds is 6.